The molecular formula is C16H20BrN3O3S. The third-order valence-electron chi connectivity index (χ3n) is 4.46. The van der Waals surface area contributed by atoms with Crippen molar-refractivity contribution in [1.29, 1.82) is 0 Å². The summed E-state index contributed by atoms with van der Waals surface area (Å²) in [7, 11) is -3.11. The van der Waals surface area contributed by atoms with Crippen LogP contribution in [-0.4, -0.2) is 49.5 Å². The first-order valence-corrected chi connectivity index (χ1v) is 10.5. The SMILES string of the molecule is CS(=O)(=O)N1CCC(CNC(=O)c2[nH]c3ccccc3c2Br)CC1. The van der Waals surface area contributed by atoms with Gasteiger partial charge in [-0.25, -0.2) is 12.7 Å². The Hall–Kier alpha value is -1.38. The fourth-order valence-electron chi connectivity index (χ4n) is 3.03. The summed E-state index contributed by atoms with van der Waals surface area (Å²) in [6.45, 7) is 1.60. The monoisotopic (exact) mass is 413 g/mol. The number of benzene rings is 1. The molecule has 6 nitrogen and oxygen atoms in total. The molecule has 0 saturated carbocycles. The number of nitrogens with one attached hydrogen (secondary N) is 2. The Bertz CT molecular complexity index is 855. The number of H-pyrrole nitrogens is 1. The van der Waals surface area contributed by atoms with Crippen molar-refractivity contribution in [3.05, 3.63) is 34.4 Å². The molecular weight excluding hydrogens is 394 g/mol. The molecule has 3 rings (SSSR count). The lowest BCUT2D eigenvalue weighted by molar-refractivity contribution is 0.0936. The predicted octanol–water partition coefficient (Wildman–Crippen LogP) is 2.33. The summed E-state index contributed by atoms with van der Waals surface area (Å²) in [6.07, 6.45) is 2.77. The zero-order valence-electron chi connectivity index (χ0n) is 13.4. The van der Waals surface area contributed by atoms with Gasteiger partial charge >= 0.3 is 0 Å². The van der Waals surface area contributed by atoms with Crippen LogP contribution in [0.4, 0.5) is 0 Å². The van der Waals surface area contributed by atoms with Crippen molar-refractivity contribution in [2.45, 2.75) is 12.8 Å². The molecule has 1 amide bonds. The Balaban J connectivity index is 1.59. The van der Waals surface area contributed by atoms with Crippen molar-refractivity contribution >= 4 is 42.8 Å². The predicted molar refractivity (Wildman–Crippen MR) is 97.5 cm³/mol. The highest BCUT2D eigenvalue weighted by atomic mass is 79.9. The topological polar surface area (TPSA) is 82.3 Å². The molecule has 130 valence electrons. The van der Waals surface area contributed by atoms with Gasteiger partial charge in [0.05, 0.1) is 10.7 Å². The molecule has 1 aromatic carbocycles. The summed E-state index contributed by atoms with van der Waals surface area (Å²) in [6, 6.07) is 7.73. The molecule has 1 aromatic heterocycles. The average molecular weight is 414 g/mol. The molecule has 0 atom stereocenters. The Morgan fingerprint density at radius 1 is 1.33 bits per heavy atom. The number of carbonyl (C=O) groups is 1. The zero-order valence-corrected chi connectivity index (χ0v) is 15.8. The van der Waals surface area contributed by atoms with Crippen LogP contribution in [-0.2, 0) is 10.0 Å². The highest BCUT2D eigenvalue weighted by Crippen LogP contribution is 2.27. The maximum absolute atomic E-state index is 12.4. The number of hydrogen-bond donors (Lipinski definition) is 2. The van der Waals surface area contributed by atoms with Gasteiger partial charge in [0.1, 0.15) is 5.69 Å². The third kappa shape index (κ3) is 3.65. The second-order valence-corrected chi connectivity index (χ2v) is 8.95. The number of amides is 1. The van der Waals surface area contributed by atoms with E-state index in [4.69, 9.17) is 0 Å². The summed E-state index contributed by atoms with van der Waals surface area (Å²) in [5.41, 5.74) is 1.43. The standard InChI is InChI=1S/C16H20BrN3O3S/c1-24(22,23)20-8-6-11(7-9-20)10-18-16(21)15-14(17)12-4-2-3-5-13(12)19-15/h2-5,11,19H,6-10H2,1H3,(H,18,21). The number of aromatic nitrogens is 1. The van der Waals surface area contributed by atoms with E-state index in [1.54, 1.807) is 0 Å². The van der Waals surface area contributed by atoms with Crippen LogP contribution in [0.1, 0.15) is 23.3 Å². The number of aromatic amines is 1. The fourth-order valence-corrected chi connectivity index (χ4v) is 4.53. The largest absolute Gasteiger partial charge is 0.350 e. The smallest absolute Gasteiger partial charge is 0.268 e. The van der Waals surface area contributed by atoms with Gasteiger partial charge in [-0.3, -0.25) is 4.79 Å². The van der Waals surface area contributed by atoms with E-state index < -0.39 is 10.0 Å². The van der Waals surface area contributed by atoms with Gasteiger partial charge in [0.25, 0.3) is 5.91 Å². The summed E-state index contributed by atoms with van der Waals surface area (Å²) in [5, 5.41) is 3.93. The summed E-state index contributed by atoms with van der Waals surface area (Å²) >= 11 is 3.48. The fraction of sp³-hybridized carbons (Fsp3) is 0.438. The van der Waals surface area contributed by atoms with E-state index in [0.29, 0.717) is 31.2 Å². The molecule has 24 heavy (non-hydrogen) atoms. The van der Waals surface area contributed by atoms with E-state index in [0.717, 1.165) is 28.2 Å². The Labute approximate surface area is 149 Å². The van der Waals surface area contributed by atoms with E-state index in [1.165, 1.54) is 10.6 Å². The van der Waals surface area contributed by atoms with E-state index in [9.17, 15) is 13.2 Å². The van der Waals surface area contributed by atoms with Crippen molar-refractivity contribution in [1.82, 2.24) is 14.6 Å². The first kappa shape index (κ1) is 17.4. The molecule has 0 spiro atoms. The van der Waals surface area contributed by atoms with Gasteiger partial charge in [-0.15, -0.1) is 0 Å². The van der Waals surface area contributed by atoms with Crippen LogP contribution in [0.3, 0.4) is 0 Å². The van der Waals surface area contributed by atoms with Crippen molar-refractivity contribution in [3.63, 3.8) is 0 Å². The molecule has 0 bridgehead atoms. The maximum atomic E-state index is 12.4. The zero-order chi connectivity index (χ0) is 17.3. The van der Waals surface area contributed by atoms with Gasteiger partial charge in [0.2, 0.25) is 10.0 Å². The van der Waals surface area contributed by atoms with Crippen molar-refractivity contribution in [2.75, 3.05) is 25.9 Å². The molecule has 1 saturated heterocycles. The minimum atomic E-state index is -3.11. The van der Waals surface area contributed by atoms with Gasteiger partial charge in [-0.1, -0.05) is 18.2 Å². The number of nitrogens with zero attached hydrogens (tertiary/aromatic N) is 1. The Morgan fingerprint density at radius 3 is 2.62 bits per heavy atom. The van der Waals surface area contributed by atoms with Crippen LogP contribution >= 0.6 is 15.9 Å². The van der Waals surface area contributed by atoms with E-state index in [1.807, 2.05) is 24.3 Å². The number of sulfonamides is 1. The van der Waals surface area contributed by atoms with Crippen LogP contribution in [0.15, 0.2) is 28.7 Å². The van der Waals surface area contributed by atoms with Crippen LogP contribution in [0.5, 0.6) is 0 Å². The lowest BCUT2D eigenvalue weighted by Gasteiger charge is -2.30. The van der Waals surface area contributed by atoms with Crippen LogP contribution in [0.25, 0.3) is 10.9 Å². The second kappa shape index (κ2) is 6.85. The Morgan fingerprint density at radius 2 is 2.00 bits per heavy atom. The first-order valence-electron chi connectivity index (χ1n) is 7.86. The van der Waals surface area contributed by atoms with E-state index in [-0.39, 0.29) is 5.91 Å². The molecule has 2 heterocycles. The third-order valence-corrected chi connectivity index (χ3v) is 6.59. The van der Waals surface area contributed by atoms with Crippen LogP contribution < -0.4 is 5.32 Å². The number of fused-ring (bicyclic) bond motifs is 1. The number of halogens is 1. The van der Waals surface area contributed by atoms with E-state index in [2.05, 4.69) is 26.2 Å². The minimum Gasteiger partial charge on any atom is -0.350 e. The molecule has 0 aliphatic carbocycles. The lowest BCUT2D eigenvalue weighted by atomic mass is 9.98. The summed E-state index contributed by atoms with van der Waals surface area (Å²) in [5.74, 6) is 0.152. The Kier molecular flexibility index (Phi) is 4.98. The van der Waals surface area contributed by atoms with Gasteiger partial charge < -0.3 is 10.3 Å². The molecule has 0 radical (unpaired) electrons. The molecule has 1 aliphatic heterocycles. The quantitative estimate of drug-likeness (QED) is 0.806. The highest BCUT2D eigenvalue weighted by molar-refractivity contribution is 9.10. The van der Waals surface area contributed by atoms with Crippen molar-refractivity contribution in [2.24, 2.45) is 5.92 Å². The van der Waals surface area contributed by atoms with Gasteiger partial charge in [-0.2, -0.15) is 0 Å². The number of para-hydroxylation sites is 1. The first-order chi connectivity index (χ1) is 11.4. The lowest BCUT2D eigenvalue weighted by Crippen LogP contribution is -2.41. The van der Waals surface area contributed by atoms with Crippen LogP contribution in [0.2, 0.25) is 0 Å². The van der Waals surface area contributed by atoms with Gasteiger partial charge in [-0.05, 0) is 40.8 Å². The minimum absolute atomic E-state index is 0.149. The average Bonchev–Trinajstić information content (AvgIpc) is 2.90. The van der Waals surface area contributed by atoms with Gasteiger partial charge in [0, 0.05) is 30.5 Å². The summed E-state index contributed by atoms with van der Waals surface area (Å²) < 4.78 is 25.3. The number of carbonyl (C=O) groups excluding carboxylic acids is 1. The molecule has 2 N–H and O–H groups in total. The molecule has 8 heteroatoms. The molecule has 1 fully saturated rings. The second-order valence-electron chi connectivity index (χ2n) is 6.18. The van der Waals surface area contributed by atoms with Crippen molar-refractivity contribution < 1.29 is 13.2 Å². The number of rotatable bonds is 4. The van der Waals surface area contributed by atoms with Gasteiger partial charge in [0.15, 0.2) is 0 Å². The molecule has 1 aliphatic rings. The maximum Gasteiger partial charge on any atom is 0.268 e. The molecule has 2 aromatic rings. The highest BCUT2D eigenvalue weighted by Gasteiger charge is 2.25. The van der Waals surface area contributed by atoms with E-state index >= 15 is 0 Å². The normalized spacial score (nSPS) is 17.2. The molecule has 0 unspecified atom stereocenters. The summed E-state index contributed by atoms with van der Waals surface area (Å²) in [4.78, 5) is 15.6. The number of hydrogen-bond acceptors (Lipinski definition) is 3. The number of piperidine rings is 1. The van der Waals surface area contributed by atoms with Crippen LogP contribution in [0, 0.1) is 5.92 Å². The van der Waals surface area contributed by atoms with Crippen molar-refractivity contribution in [3.8, 4) is 0 Å².